The summed E-state index contributed by atoms with van der Waals surface area (Å²) in [5, 5.41) is 10.5. The molecule has 0 aliphatic carbocycles. The zero-order valence-corrected chi connectivity index (χ0v) is 9.58. The summed E-state index contributed by atoms with van der Waals surface area (Å²) < 4.78 is 0. The lowest BCUT2D eigenvalue weighted by molar-refractivity contribution is -0.109. The monoisotopic (exact) mass is 240 g/mol. The van der Waals surface area contributed by atoms with Crippen molar-refractivity contribution in [1.29, 1.82) is 0 Å². The highest BCUT2D eigenvalue weighted by molar-refractivity contribution is 8.13. The van der Waals surface area contributed by atoms with Crippen LogP contribution in [0.4, 0.5) is 0 Å². The van der Waals surface area contributed by atoms with Gasteiger partial charge in [0.2, 0.25) is 0 Å². The molecule has 0 saturated carbocycles. The second kappa shape index (κ2) is 5.59. The van der Waals surface area contributed by atoms with Crippen molar-refractivity contribution >= 4 is 34.2 Å². The van der Waals surface area contributed by atoms with Gasteiger partial charge in [0.05, 0.1) is 5.75 Å². The molecular weight excluding hydrogens is 232 g/mol. The minimum atomic E-state index is -0.964. The molecule has 1 rings (SSSR count). The normalized spacial score (nSPS) is 9.13. The molecule has 3 nitrogen and oxygen atoms in total. The van der Waals surface area contributed by atoms with Gasteiger partial charge in [0.15, 0.2) is 5.12 Å². The van der Waals surface area contributed by atoms with Crippen LogP contribution in [-0.4, -0.2) is 21.9 Å². The zero-order chi connectivity index (χ0) is 11.3. The molecule has 0 spiro atoms. The first-order valence-corrected chi connectivity index (χ1v) is 5.91. The molecule has 1 aromatic rings. The highest BCUT2D eigenvalue weighted by atomic mass is 32.2. The molecule has 78 valence electrons. The first-order valence-electron chi connectivity index (χ1n) is 4.04. The Morgan fingerprint density at radius 2 is 2.33 bits per heavy atom. The van der Waals surface area contributed by atoms with Crippen LogP contribution in [0.2, 0.25) is 0 Å². The van der Waals surface area contributed by atoms with E-state index in [1.807, 2.05) is 0 Å². The number of hydrogen-bond donors (Lipinski definition) is 1. The van der Waals surface area contributed by atoms with Crippen LogP contribution in [0.5, 0.6) is 0 Å². The second-order valence-electron chi connectivity index (χ2n) is 2.55. The summed E-state index contributed by atoms with van der Waals surface area (Å²) in [4.78, 5) is 21.5. The summed E-state index contributed by atoms with van der Waals surface area (Å²) in [6.07, 6.45) is 0. The van der Waals surface area contributed by atoms with Crippen molar-refractivity contribution < 1.29 is 14.7 Å². The fourth-order valence-corrected chi connectivity index (χ4v) is 1.88. The van der Waals surface area contributed by atoms with Crippen molar-refractivity contribution in [2.45, 2.75) is 6.92 Å². The predicted molar refractivity (Wildman–Crippen MR) is 61.3 cm³/mol. The van der Waals surface area contributed by atoms with E-state index in [1.54, 1.807) is 11.4 Å². The topological polar surface area (TPSA) is 54.4 Å². The van der Waals surface area contributed by atoms with Crippen molar-refractivity contribution in [3.63, 3.8) is 0 Å². The lowest BCUT2D eigenvalue weighted by Crippen LogP contribution is -1.94. The molecular formula is C10H8O3S2. The lowest BCUT2D eigenvalue weighted by Gasteiger charge is -1.88. The van der Waals surface area contributed by atoms with Gasteiger partial charge in [-0.2, -0.15) is 0 Å². The molecule has 0 radical (unpaired) electrons. The van der Waals surface area contributed by atoms with Crippen LogP contribution in [0.15, 0.2) is 11.4 Å². The van der Waals surface area contributed by atoms with Crippen LogP contribution in [0.1, 0.15) is 22.2 Å². The van der Waals surface area contributed by atoms with Gasteiger partial charge in [0.25, 0.3) is 0 Å². The molecule has 0 unspecified atom stereocenters. The Kier molecular flexibility index (Phi) is 4.40. The minimum Gasteiger partial charge on any atom is -0.477 e. The third-order valence-electron chi connectivity index (χ3n) is 1.43. The zero-order valence-electron chi connectivity index (χ0n) is 7.94. The smallest absolute Gasteiger partial charge is 0.347 e. The average Bonchev–Trinajstić information content (AvgIpc) is 2.60. The number of rotatable bonds is 2. The van der Waals surface area contributed by atoms with Crippen LogP contribution in [0.3, 0.4) is 0 Å². The van der Waals surface area contributed by atoms with E-state index in [9.17, 15) is 9.59 Å². The van der Waals surface area contributed by atoms with Crippen molar-refractivity contribution in [2.24, 2.45) is 0 Å². The number of thiophene rings is 1. The van der Waals surface area contributed by atoms with E-state index >= 15 is 0 Å². The van der Waals surface area contributed by atoms with E-state index < -0.39 is 5.97 Å². The standard InChI is InChI=1S/C10H8O3S2/c1-7(11)14-5-2-3-8-4-6-15-9(8)10(12)13/h4,6H,5H2,1H3,(H,12,13). The van der Waals surface area contributed by atoms with Crippen molar-refractivity contribution in [3.8, 4) is 11.8 Å². The van der Waals surface area contributed by atoms with Crippen molar-refractivity contribution in [1.82, 2.24) is 0 Å². The molecule has 0 aliphatic heterocycles. The molecule has 0 aliphatic rings. The van der Waals surface area contributed by atoms with E-state index in [0.29, 0.717) is 11.3 Å². The van der Waals surface area contributed by atoms with Gasteiger partial charge >= 0.3 is 5.97 Å². The number of hydrogen-bond acceptors (Lipinski definition) is 4. The molecule has 0 aromatic carbocycles. The third-order valence-corrected chi connectivity index (χ3v) is 3.03. The molecule has 0 bridgehead atoms. The minimum absolute atomic E-state index is 0.00748. The first kappa shape index (κ1) is 11.8. The number of carboxylic acids is 1. The van der Waals surface area contributed by atoms with E-state index in [1.165, 1.54) is 6.92 Å². The highest BCUT2D eigenvalue weighted by Crippen LogP contribution is 2.15. The number of aromatic carboxylic acids is 1. The summed E-state index contributed by atoms with van der Waals surface area (Å²) in [5.74, 6) is 4.92. The van der Waals surface area contributed by atoms with Crippen LogP contribution in [-0.2, 0) is 4.79 Å². The fraction of sp³-hybridized carbons (Fsp3) is 0.200. The quantitative estimate of drug-likeness (QED) is 0.804. The van der Waals surface area contributed by atoms with E-state index in [-0.39, 0.29) is 9.99 Å². The second-order valence-corrected chi connectivity index (χ2v) is 4.62. The molecule has 15 heavy (non-hydrogen) atoms. The molecule has 1 N–H and O–H groups in total. The number of carbonyl (C=O) groups is 2. The molecule has 1 aromatic heterocycles. The number of carbonyl (C=O) groups excluding carboxylic acids is 1. The Bertz CT molecular complexity index is 437. The van der Waals surface area contributed by atoms with Gasteiger partial charge in [-0.3, -0.25) is 4.79 Å². The average molecular weight is 240 g/mol. The summed E-state index contributed by atoms with van der Waals surface area (Å²) in [5.41, 5.74) is 0.511. The van der Waals surface area contributed by atoms with E-state index in [4.69, 9.17) is 5.11 Å². The highest BCUT2D eigenvalue weighted by Gasteiger charge is 2.08. The molecule has 0 amide bonds. The van der Waals surface area contributed by atoms with Gasteiger partial charge < -0.3 is 5.11 Å². The Morgan fingerprint density at radius 1 is 1.60 bits per heavy atom. The lowest BCUT2D eigenvalue weighted by atomic mass is 10.2. The van der Waals surface area contributed by atoms with Crippen LogP contribution in [0.25, 0.3) is 0 Å². The Balaban J connectivity index is 2.67. The SMILES string of the molecule is CC(=O)SCC#Cc1ccsc1C(=O)O. The summed E-state index contributed by atoms with van der Waals surface area (Å²) in [7, 11) is 0. The molecule has 0 saturated heterocycles. The molecule has 5 heteroatoms. The van der Waals surface area contributed by atoms with Gasteiger partial charge in [-0.05, 0) is 11.4 Å². The molecule has 0 fully saturated rings. The first-order chi connectivity index (χ1) is 7.11. The van der Waals surface area contributed by atoms with E-state index in [2.05, 4.69) is 11.8 Å². The Hall–Kier alpha value is -1.25. The molecule has 1 heterocycles. The van der Waals surface area contributed by atoms with Crippen molar-refractivity contribution in [2.75, 3.05) is 5.75 Å². The number of carboxylic acid groups (broad SMARTS) is 1. The van der Waals surface area contributed by atoms with Gasteiger partial charge in [-0.1, -0.05) is 23.6 Å². The van der Waals surface area contributed by atoms with Crippen molar-refractivity contribution in [3.05, 3.63) is 21.9 Å². The maximum Gasteiger partial charge on any atom is 0.347 e. The maximum atomic E-state index is 10.7. The summed E-state index contributed by atoms with van der Waals surface area (Å²) >= 11 is 2.26. The number of thioether (sulfide) groups is 1. The Morgan fingerprint density at radius 3 is 2.93 bits per heavy atom. The summed E-state index contributed by atoms with van der Waals surface area (Å²) in [6.45, 7) is 1.47. The van der Waals surface area contributed by atoms with Crippen LogP contribution < -0.4 is 0 Å². The third kappa shape index (κ3) is 3.78. The van der Waals surface area contributed by atoms with Crippen LogP contribution in [0, 0.1) is 11.8 Å². The van der Waals surface area contributed by atoms with Crippen LogP contribution >= 0.6 is 23.1 Å². The molecule has 0 atom stereocenters. The maximum absolute atomic E-state index is 10.7. The Labute approximate surface area is 95.5 Å². The fourth-order valence-electron chi connectivity index (χ4n) is 0.842. The van der Waals surface area contributed by atoms with Gasteiger partial charge in [-0.15, -0.1) is 11.3 Å². The van der Waals surface area contributed by atoms with Gasteiger partial charge in [0, 0.05) is 12.5 Å². The van der Waals surface area contributed by atoms with Gasteiger partial charge in [0.1, 0.15) is 4.88 Å². The van der Waals surface area contributed by atoms with E-state index in [0.717, 1.165) is 23.1 Å². The van der Waals surface area contributed by atoms with Gasteiger partial charge in [-0.25, -0.2) is 4.79 Å². The summed E-state index contributed by atoms with van der Waals surface area (Å²) in [6, 6.07) is 1.67. The predicted octanol–water partition coefficient (Wildman–Crippen LogP) is 2.08. The largest absolute Gasteiger partial charge is 0.477 e.